The Morgan fingerprint density at radius 2 is 1.38 bits per heavy atom. The van der Waals surface area contributed by atoms with Crippen molar-refractivity contribution < 1.29 is 18.0 Å². The second-order valence-electron chi connectivity index (χ2n) is 10.9. The SMILES string of the molecule is CC(C)CNC(=O)C(Cc1ccccc1)N(Cc1ccc(Cl)cc1)C(=O)CN(c1cc(Cl)ccc1Cl)S(=O)(=O)c1ccccc1. The first-order valence-electron chi connectivity index (χ1n) is 14.3. The Balaban J connectivity index is 1.82. The van der Waals surface area contributed by atoms with Crippen molar-refractivity contribution >= 4 is 62.3 Å². The van der Waals surface area contributed by atoms with Crippen molar-refractivity contribution in [1.82, 2.24) is 10.2 Å². The molecular weight excluding hydrogens is 653 g/mol. The van der Waals surface area contributed by atoms with E-state index in [9.17, 15) is 18.0 Å². The van der Waals surface area contributed by atoms with Gasteiger partial charge < -0.3 is 10.2 Å². The number of hydrogen-bond acceptors (Lipinski definition) is 4. The van der Waals surface area contributed by atoms with Gasteiger partial charge in [0.1, 0.15) is 12.6 Å². The molecule has 4 aromatic rings. The summed E-state index contributed by atoms with van der Waals surface area (Å²) in [5.74, 6) is -0.794. The minimum atomic E-state index is -4.30. The number of hydrogen-bond donors (Lipinski definition) is 1. The number of carbonyl (C=O) groups is 2. The molecule has 2 amide bonds. The molecule has 0 heterocycles. The van der Waals surface area contributed by atoms with Crippen molar-refractivity contribution in [2.45, 2.75) is 37.8 Å². The number of nitrogens with one attached hydrogen (secondary N) is 1. The standard InChI is InChI=1S/C34H34Cl3N3O4S/c1-24(2)21-38-34(42)32(19-25-9-5-3-6-10-25)39(22-26-13-15-27(35)16-14-26)33(41)23-40(31-20-28(36)17-18-30(31)37)45(43,44)29-11-7-4-8-12-29/h3-18,20,24,32H,19,21-23H2,1-2H3,(H,38,42). The van der Waals surface area contributed by atoms with E-state index in [0.29, 0.717) is 17.1 Å². The third-order valence-electron chi connectivity index (χ3n) is 7.01. The zero-order valence-corrected chi connectivity index (χ0v) is 28.0. The molecular formula is C34H34Cl3N3O4S. The molecule has 0 bridgehead atoms. The summed E-state index contributed by atoms with van der Waals surface area (Å²) < 4.78 is 29.1. The molecule has 0 aliphatic rings. The second-order valence-corrected chi connectivity index (χ2v) is 14.1. The van der Waals surface area contributed by atoms with E-state index in [0.717, 1.165) is 9.87 Å². The van der Waals surface area contributed by atoms with Crippen molar-refractivity contribution in [3.8, 4) is 0 Å². The lowest BCUT2D eigenvalue weighted by Crippen LogP contribution is -2.53. The fourth-order valence-corrected chi connectivity index (χ4v) is 6.68. The molecule has 0 fully saturated rings. The van der Waals surface area contributed by atoms with E-state index in [-0.39, 0.29) is 45.4 Å². The molecule has 0 aromatic heterocycles. The van der Waals surface area contributed by atoms with Crippen LogP contribution >= 0.6 is 34.8 Å². The average Bonchev–Trinajstić information content (AvgIpc) is 3.03. The molecule has 0 aliphatic carbocycles. The van der Waals surface area contributed by atoms with Crippen molar-refractivity contribution in [1.29, 1.82) is 0 Å². The van der Waals surface area contributed by atoms with Crippen molar-refractivity contribution in [3.63, 3.8) is 0 Å². The van der Waals surface area contributed by atoms with Crippen LogP contribution in [0.1, 0.15) is 25.0 Å². The van der Waals surface area contributed by atoms with Gasteiger partial charge in [0.2, 0.25) is 11.8 Å². The minimum absolute atomic E-state index is 0.0190. The molecule has 0 spiro atoms. The van der Waals surface area contributed by atoms with Crippen LogP contribution in [0, 0.1) is 5.92 Å². The largest absolute Gasteiger partial charge is 0.354 e. The number of benzene rings is 4. The number of anilines is 1. The highest BCUT2D eigenvalue weighted by Gasteiger charge is 2.35. The Morgan fingerprint density at radius 1 is 0.778 bits per heavy atom. The third kappa shape index (κ3) is 9.23. The highest BCUT2D eigenvalue weighted by Crippen LogP contribution is 2.33. The molecule has 11 heteroatoms. The molecule has 4 aromatic carbocycles. The lowest BCUT2D eigenvalue weighted by Gasteiger charge is -2.34. The van der Waals surface area contributed by atoms with Gasteiger partial charge >= 0.3 is 0 Å². The van der Waals surface area contributed by atoms with Gasteiger partial charge in [-0.05, 0) is 59.5 Å². The maximum atomic E-state index is 14.5. The summed E-state index contributed by atoms with van der Waals surface area (Å²) in [6.45, 7) is 3.73. The van der Waals surface area contributed by atoms with Crippen LogP contribution in [0.4, 0.5) is 5.69 Å². The van der Waals surface area contributed by atoms with Crippen LogP contribution in [-0.2, 0) is 32.6 Å². The van der Waals surface area contributed by atoms with Gasteiger partial charge in [0.05, 0.1) is 15.6 Å². The highest BCUT2D eigenvalue weighted by atomic mass is 35.5. The summed E-state index contributed by atoms with van der Waals surface area (Å²) in [5, 5.41) is 3.81. The number of sulfonamides is 1. The monoisotopic (exact) mass is 685 g/mol. The van der Waals surface area contributed by atoms with Crippen LogP contribution in [0.25, 0.3) is 0 Å². The van der Waals surface area contributed by atoms with E-state index in [1.165, 1.54) is 35.2 Å². The lowest BCUT2D eigenvalue weighted by atomic mass is 10.0. The number of carbonyl (C=O) groups excluding carboxylic acids is 2. The van der Waals surface area contributed by atoms with E-state index in [1.807, 2.05) is 44.2 Å². The summed E-state index contributed by atoms with van der Waals surface area (Å²) in [5.41, 5.74) is 1.58. The quantitative estimate of drug-likeness (QED) is 0.161. The first-order chi connectivity index (χ1) is 21.5. The van der Waals surface area contributed by atoms with Crippen molar-refractivity contribution in [2.24, 2.45) is 5.92 Å². The predicted octanol–water partition coefficient (Wildman–Crippen LogP) is 7.25. The molecule has 45 heavy (non-hydrogen) atoms. The molecule has 4 rings (SSSR count). The zero-order valence-electron chi connectivity index (χ0n) is 24.9. The van der Waals surface area contributed by atoms with Gasteiger partial charge in [-0.1, -0.05) is 109 Å². The third-order valence-corrected chi connectivity index (χ3v) is 9.59. The van der Waals surface area contributed by atoms with Crippen LogP contribution in [0.5, 0.6) is 0 Å². The van der Waals surface area contributed by atoms with E-state index in [4.69, 9.17) is 34.8 Å². The van der Waals surface area contributed by atoms with Crippen LogP contribution < -0.4 is 9.62 Å². The molecule has 0 radical (unpaired) electrons. The van der Waals surface area contributed by atoms with Gasteiger partial charge in [-0.3, -0.25) is 13.9 Å². The maximum Gasteiger partial charge on any atom is 0.264 e. The molecule has 0 saturated carbocycles. The molecule has 1 N–H and O–H groups in total. The van der Waals surface area contributed by atoms with E-state index >= 15 is 0 Å². The van der Waals surface area contributed by atoms with Gasteiger partial charge in [0, 0.05) is 29.6 Å². The summed E-state index contributed by atoms with van der Waals surface area (Å²) >= 11 is 18.9. The molecule has 7 nitrogen and oxygen atoms in total. The molecule has 1 unspecified atom stereocenters. The highest BCUT2D eigenvalue weighted by molar-refractivity contribution is 7.92. The van der Waals surface area contributed by atoms with Gasteiger partial charge in [-0.15, -0.1) is 0 Å². The predicted molar refractivity (Wildman–Crippen MR) is 181 cm³/mol. The number of halogens is 3. The first-order valence-corrected chi connectivity index (χ1v) is 16.9. The smallest absolute Gasteiger partial charge is 0.264 e. The van der Waals surface area contributed by atoms with Crippen molar-refractivity contribution in [3.05, 3.63) is 129 Å². The van der Waals surface area contributed by atoms with Crippen LogP contribution in [-0.4, -0.2) is 44.3 Å². The fraction of sp³-hybridized carbons (Fsp3) is 0.235. The number of rotatable bonds is 13. The van der Waals surface area contributed by atoms with Crippen LogP contribution in [0.2, 0.25) is 15.1 Å². The maximum absolute atomic E-state index is 14.5. The zero-order chi connectivity index (χ0) is 32.6. The molecule has 0 aliphatic heterocycles. The Morgan fingerprint density at radius 3 is 2.00 bits per heavy atom. The fourth-order valence-electron chi connectivity index (χ4n) is 4.67. The van der Waals surface area contributed by atoms with E-state index in [2.05, 4.69) is 5.32 Å². The van der Waals surface area contributed by atoms with Gasteiger partial charge in [0.25, 0.3) is 10.0 Å². The topological polar surface area (TPSA) is 86.8 Å². The first kappa shape index (κ1) is 34.3. The normalized spacial score (nSPS) is 12.0. The van der Waals surface area contributed by atoms with Gasteiger partial charge in [-0.25, -0.2) is 8.42 Å². The molecule has 236 valence electrons. The Kier molecular flexibility index (Phi) is 11.9. The van der Waals surface area contributed by atoms with E-state index < -0.39 is 28.5 Å². The summed E-state index contributed by atoms with van der Waals surface area (Å²) in [7, 11) is -4.30. The number of nitrogens with zero attached hydrogens (tertiary/aromatic N) is 2. The minimum Gasteiger partial charge on any atom is -0.354 e. The molecule has 0 saturated heterocycles. The lowest BCUT2D eigenvalue weighted by molar-refractivity contribution is -0.140. The van der Waals surface area contributed by atoms with Gasteiger partial charge in [0.15, 0.2) is 0 Å². The number of amides is 2. The second kappa shape index (κ2) is 15.6. The van der Waals surface area contributed by atoms with Crippen LogP contribution in [0.3, 0.4) is 0 Å². The Hall–Kier alpha value is -3.56. The Labute approximate surface area is 279 Å². The molecule has 1 atom stereocenters. The van der Waals surface area contributed by atoms with E-state index in [1.54, 1.807) is 42.5 Å². The summed E-state index contributed by atoms with van der Waals surface area (Å²) in [4.78, 5) is 29.7. The van der Waals surface area contributed by atoms with Crippen molar-refractivity contribution in [2.75, 3.05) is 17.4 Å². The summed E-state index contributed by atoms with van der Waals surface area (Å²) in [6.07, 6.45) is 0.202. The average molecular weight is 687 g/mol. The summed E-state index contributed by atoms with van der Waals surface area (Å²) in [6, 6.07) is 27.5. The van der Waals surface area contributed by atoms with Gasteiger partial charge in [-0.2, -0.15) is 0 Å². The van der Waals surface area contributed by atoms with Crippen LogP contribution in [0.15, 0.2) is 108 Å². The Bertz CT molecular complexity index is 1700.